The lowest BCUT2D eigenvalue weighted by atomic mass is 10.0. The zero-order valence-corrected chi connectivity index (χ0v) is 13.1. The van der Waals surface area contributed by atoms with Crippen LogP contribution in [-0.2, 0) is 13.6 Å². The number of halogens is 1. The minimum absolute atomic E-state index is 0.491. The van der Waals surface area contributed by atoms with Crippen molar-refractivity contribution in [2.24, 2.45) is 7.05 Å². The number of imidazole rings is 1. The molecular weight excluding hydrogens is 284 g/mol. The Morgan fingerprint density at radius 3 is 3.00 bits per heavy atom. The van der Waals surface area contributed by atoms with Crippen LogP contribution in [0.5, 0.6) is 0 Å². The molecule has 0 radical (unpaired) electrons. The summed E-state index contributed by atoms with van der Waals surface area (Å²) in [4.78, 5) is 6.54. The van der Waals surface area contributed by atoms with Gasteiger partial charge in [0.15, 0.2) is 0 Å². The number of nitrogens with zero attached hydrogens (tertiary/aromatic N) is 3. The van der Waals surface area contributed by atoms with Gasteiger partial charge in [-0.05, 0) is 25.0 Å². The molecule has 2 aromatic rings. The Labute approximate surface area is 130 Å². The average molecular weight is 305 g/mol. The Morgan fingerprint density at radius 1 is 1.38 bits per heavy atom. The quantitative estimate of drug-likeness (QED) is 0.943. The normalized spacial score (nSPS) is 19.0. The third-order valence-corrected chi connectivity index (χ3v) is 4.42. The lowest BCUT2D eigenvalue weighted by molar-refractivity contribution is 0.417. The molecule has 5 heteroatoms. The maximum Gasteiger partial charge on any atom is 0.0945 e. The summed E-state index contributed by atoms with van der Waals surface area (Å²) in [5.41, 5.74) is 2.36. The van der Waals surface area contributed by atoms with E-state index in [-0.39, 0.29) is 0 Å². The second kappa shape index (κ2) is 6.50. The van der Waals surface area contributed by atoms with Crippen molar-refractivity contribution in [2.75, 3.05) is 18.0 Å². The van der Waals surface area contributed by atoms with Crippen molar-refractivity contribution in [1.82, 2.24) is 14.9 Å². The second-order valence-corrected chi connectivity index (χ2v) is 6.02. The van der Waals surface area contributed by atoms with E-state index in [1.165, 1.54) is 18.5 Å². The lowest BCUT2D eigenvalue weighted by Gasteiger charge is -2.35. The molecule has 1 aromatic carbocycles. The number of para-hydroxylation sites is 1. The minimum Gasteiger partial charge on any atom is -0.369 e. The molecule has 1 aliphatic heterocycles. The molecule has 0 spiro atoms. The lowest BCUT2D eigenvalue weighted by Crippen LogP contribution is -2.45. The highest BCUT2D eigenvalue weighted by Crippen LogP contribution is 2.27. The minimum atomic E-state index is 0.491. The SMILES string of the molecule is Cn1cncc1CN[C@H]1CCCN(c2ccccc2Cl)C1. The number of piperidine rings is 1. The van der Waals surface area contributed by atoms with Crippen LogP contribution in [0.25, 0.3) is 0 Å². The average Bonchev–Trinajstić information content (AvgIpc) is 2.91. The Hall–Kier alpha value is -1.52. The molecule has 21 heavy (non-hydrogen) atoms. The smallest absolute Gasteiger partial charge is 0.0945 e. The van der Waals surface area contributed by atoms with Crippen LogP contribution in [0.2, 0.25) is 5.02 Å². The number of hydrogen-bond donors (Lipinski definition) is 1. The topological polar surface area (TPSA) is 33.1 Å². The highest BCUT2D eigenvalue weighted by atomic mass is 35.5. The summed E-state index contributed by atoms with van der Waals surface area (Å²) in [6, 6.07) is 8.59. The first-order valence-corrected chi connectivity index (χ1v) is 7.80. The number of aryl methyl sites for hydroxylation is 1. The number of anilines is 1. The predicted octanol–water partition coefficient (Wildman–Crippen LogP) is 2.83. The summed E-state index contributed by atoms with van der Waals surface area (Å²) in [6.45, 7) is 2.94. The van der Waals surface area contributed by atoms with Gasteiger partial charge in [0.05, 0.1) is 22.7 Å². The first-order chi connectivity index (χ1) is 10.2. The largest absolute Gasteiger partial charge is 0.369 e. The molecule has 1 atom stereocenters. The van der Waals surface area contributed by atoms with Crippen molar-refractivity contribution < 1.29 is 0 Å². The second-order valence-electron chi connectivity index (χ2n) is 5.61. The molecule has 0 saturated carbocycles. The van der Waals surface area contributed by atoms with Crippen LogP contribution in [0.1, 0.15) is 18.5 Å². The zero-order chi connectivity index (χ0) is 14.7. The molecule has 0 bridgehead atoms. The summed E-state index contributed by atoms with van der Waals surface area (Å²) in [6.07, 6.45) is 6.16. The van der Waals surface area contributed by atoms with Crippen molar-refractivity contribution in [3.63, 3.8) is 0 Å². The van der Waals surface area contributed by atoms with Crippen LogP contribution in [0.15, 0.2) is 36.8 Å². The van der Waals surface area contributed by atoms with Crippen molar-refractivity contribution in [3.05, 3.63) is 47.5 Å². The van der Waals surface area contributed by atoms with E-state index in [1.54, 1.807) is 0 Å². The van der Waals surface area contributed by atoms with Gasteiger partial charge in [0.1, 0.15) is 0 Å². The summed E-state index contributed by atoms with van der Waals surface area (Å²) < 4.78 is 2.06. The Balaban J connectivity index is 1.61. The van der Waals surface area contributed by atoms with Crippen LogP contribution in [0, 0.1) is 0 Å². The van der Waals surface area contributed by atoms with Gasteiger partial charge < -0.3 is 14.8 Å². The van der Waals surface area contributed by atoms with Crippen LogP contribution < -0.4 is 10.2 Å². The maximum absolute atomic E-state index is 6.31. The van der Waals surface area contributed by atoms with E-state index in [9.17, 15) is 0 Å². The summed E-state index contributed by atoms with van der Waals surface area (Å²) in [7, 11) is 2.03. The molecule has 1 aromatic heterocycles. The molecule has 1 saturated heterocycles. The highest BCUT2D eigenvalue weighted by molar-refractivity contribution is 6.33. The monoisotopic (exact) mass is 304 g/mol. The molecule has 4 nitrogen and oxygen atoms in total. The fraction of sp³-hybridized carbons (Fsp3) is 0.438. The van der Waals surface area contributed by atoms with E-state index < -0.39 is 0 Å². The number of nitrogens with one attached hydrogen (secondary N) is 1. The van der Waals surface area contributed by atoms with Gasteiger partial charge in [0.2, 0.25) is 0 Å². The first-order valence-electron chi connectivity index (χ1n) is 7.42. The van der Waals surface area contributed by atoms with E-state index in [4.69, 9.17) is 11.6 Å². The molecule has 1 aliphatic rings. The predicted molar refractivity (Wildman–Crippen MR) is 86.7 cm³/mol. The summed E-state index contributed by atoms with van der Waals surface area (Å²) >= 11 is 6.31. The highest BCUT2D eigenvalue weighted by Gasteiger charge is 2.21. The van der Waals surface area contributed by atoms with Crippen molar-refractivity contribution in [1.29, 1.82) is 0 Å². The Kier molecular flexibility index (Phi) is 4.46. The van der Waals surface area contributed by atoms with Crippen molar-refractivity contribution >= 4 is 17.3 Å². The summed E-state index contributed by atoms with van der Waals surface area (Å²) in [5.74, 6) is 0. The maximum atomic E-state index is 6.31. The van der Waals surface area contributed by atoms with Crippen LogP contribution in [-0.4, -0.2) is 28.7 Å². The van der Waals surface area contributed by atoms with Gasteiger partial charge in [-0.15, -0.1) is 0 Å². The van der Waals surface area contributed by atoms with Gasteiger partial charge in [0, 0.05) is 38.9 Å². The zero-order valence-electron chi connectivity index (χ0n) is 12.3. The molecule has 1 N–H and O–H groups in total. The van der Waals surface area contributed by atoms with Crippen LogP contribution in [0.3, 0.4) is 0 Å². The molecule has 0 amide bonds. The summed E-state index contributed by atoms with van der Waals surface area (Å²) in [5, 5.41) is 4.48. The van der Waals surface area contributed by atoms with Crippen molar-refractivity contribution in [2.45, 2.75) is 25.4 Å². The van der Waals surface area contributed by atoms with Gasteiger partial charge in [0.25, 0.3) is 0 Å². The van der Waals surface area contributed by atoms with Crippen LogP contribution >= 0.6 is 11.6 Å². The molecule has 3 rings (SSSR count). The van der Waals surface area contributed by atoms with E-state index in [0.717, 1.165) is 30.3 Å². The van der Waals surface area contributed by atoms with Gasteiger partial charge in [-0.25, -0.2) is 4.98 Å². The van der Waals surface area contributed by atoms with Gasteiger partial charge in [-0.1, -0.05) is 23.7 Å². The van der Waals surface area contributed by atoms with Gasteiger partial charge in [-0.2, -0.15) is 0 Å². The van der Waals surface area contributed by atoms with Crippen molar-refractivity contribution in [3.8, 4) is 0 Å². The molecule has 0 aliphatic carbocycles. The molecule has 0 unspecified atom stereocenters. The Bertz CT molecular complexity index is 595. The van der Waals surface area contributed by atoms with Crippen LogP contribution in [0.4, 0.5) is 5.69 Å². The number of hydrogen-bond acceptors (Lipinski definition) is 3. The van der Waals surface area contributed by atoms with E-state index in [2.05, 4.69) is 25.8 Å². The molecular formula is C16H21ClN4. The fourth-order valence-electron chi connectivity index (χ4n) is 2.87. The van der Waals surface area contributed by atoms with E-state index in [0.29, 0.717) is 6.04 Å². The molecule has 112 valence electrons. The number of benzene rings is 1. The fourth-order valence-corrected chi connectivity index (χ4v) is 3.13. The van der Waals surface area contributed by atoms with E-state index >= 15 is 0 Å². The standard InChI is InChI=1S/C16H21ClN4/c1-20-12-18-9-14(20)10-19-13-5-4-8-21(11-13)16-7-3-2-6-15(16)17/h2-3,6-7,9,12-13,19H,4-5,8,10-11H2,1H3/t13-/m0/s1. The third-order valence-electron chi connectivity index (χ3n) is 4.10. The third kappa shape index (κ3) is 3.39. The Morgan fingerprint density at radius 2 is 2.24 bits per heavy atom. The number of rotatable bonds is 4. The molecule has 1 fully saturated rings. The number of aromatic nitrogens is 2. The van der Waals surface area contributed by atoms with Gasteiger partial charge in [-0.3, -0.25) is 0 Å². The molecule has 2 heterocycles. The van der Waals surface area contributed by atoms with Gasteiger partial charge >= 0.3 is 0 Å². The first kappa shape index (κ1) is 14.4. The van der Waals surface area contributed by atoms with E-state index in [1.807, 2.05) is 37.8 Å².